The zero-order valence-electron chi connectivity index (χ0n) is 15.7. The number of esters is 2. The first-order chi connectivity index (χ1) is 11.6. The lowest BCUT2D eigenvalue weighted by Gasteiger charge is -2.13. The van der Waals surface area contributed by atoms with Gasteiger partial charge in [-0.25, -0.2) is 0 Å². The van der Waals surface area contributed by atoms with E-state index in [0.29, 0.717) is 19.3 Å². The molecule has 1 rings (SSSR count). The van der Waals surface area contributed by atoms with Gasteiger partial charge in [0.15, 0.2) is 0 Å². The lowest BCUT2D eigenvalue weighted by atomic mass is 10.1. The third kappa shape index (κ3) is 10.7. The van der Waals surface area contributed by atoms with E-state index in [4.69, 9.17) is 9.47 Å². The average Bonchev–Trinajstić information content (AvgIpc) is 3.03. The molecule has 140 valence electrons. The molecule has 0 N–H and O–H groups in total. The molecule has 1 saturated carbocycles. The first-order valence-corrected chi connectivity index (χ1v) is 10.0. The van der Waals surface area contributed by atoms with E-state index in [-0.39, 0.29) is 24.1 Å². The Labute approximate surface area is 147 Å². The van der Waals surface area contributed by atoms with Crippen molar-refractivity contribution in [3.8, 4) is 0 Å². The number of ether oxygens (including phenoxy) is 2. The van der Waals surface area contributed by atoms with Crippen LogP contribution >= 0.6 is 0 Å². The molecule has 0 aromatic heterocycles. The molecule has 0 amide bonds. The van der Waals surface area contributed by atoms with E-state index in [1.54, 1.807) is 0 Å². The summed E-state index contributed by atoms with van der Waals surface area (Å²) in [4.78, 5) is 23.5. The molecule has 0 bridgehead atoms. The number of hydrogen-bond donors (Lipinski definition) is 0. The van der Waals surface area contributed by atoms with Crippen molar-refractivity contribution in [2.45, 2.75) is 116 Å². The normalized spacial score (nSPS) is 16.1. The van der Waals surface area contributed by atoms with Gasteiger partial charge in [0.2, 0.25) is 0 Å². The van der Waals surface area contributed by atoms with Gasteiger partial charge in [0.05, 0.1) is 6.10 Å². The fourth-order valence-corrected chi connectivity index (χ4v) is 3.18. The van der Waals surface area contributed by atoms with Crippen LogP contribution in [0.2, 0.25) is 0 Å². The Kier molecular flexibility index (Phi) is 11.6. The SMILES string of the molecule is CCCCCCCCC(C)OC(=O)CCCC(=O)OC1CCCC1. The topological polar surface area (TPSA) is 52.6 Å². The molecular weight excluding hydrogens is 304 g/mol. The summed E-state index contributed by atoms with van der Waals surface area (Å²) < 4.78 is 10.8. The van der Waals surface area contributed by atoms with Crippen molar-refractivity contribution in [2.75, 3.05) is 0 Å². The predicted octanol–water partition coefficient (Wildman–Crippen LogP) is 5.32. The lowest BCUT2D eigenvalue weighted by molar-refractivity contribution is -0.150. The zero-order chi connectivity index (χ0) is 17.6. The van der Waals surface area contributed by atoms with E-state index in [2.05, 4.69) is 6.92 Å². The number of unbranched alkanes of at least 4 members (excludes halogenated alkanes) is 5. The molecule has 1 aliphatic carbocycles. The van der Waals surface area contributed by atoms with Crippen LogP contribution in [-0.2, 0) is 19.1 Å². The van der Waals surface area contributed by atoms with Crippen molar-refractivity contribution in [1.82, 2.24) is 0 Å². The monoisotopic (exact) mass is 340 g/mol. The van der Waals surface area contributed by atoms with Crippen molar-refractivity contribution in [3.05, 3.63) is 0 Å². The van der Waals surface area contributed by atoms with Gasteiger partial charge < -0.3 is 9.47 Å². The van der Waals surface area contributed by atoms with Gasteiger partial charge in [-0.05, 0) is 51.9 Å². The summed E-state index contributed by atoms with van der Waals surface area (Å²) in [6.07, 6.45) is 14.0. The van der Waals surface area contributed by atoms with Crippen molar-refractivity contribution >= 4 is 11.9 Å². The summed E-state index contributed by atoms with van der Waals surface area (Å²) >= 11 is 0. The molecular formula is C20H36O4. The van der Waals surface area contributed by atoms with Gasteiger partial charge in [0.1, 0.15) is 6.10 Å². The smallest absolute Gasteiger partial charge is 0.306 e. The van der Waals surface area contributed by atoms with Crippen LogP contribution in [0.4, 0.5) is 0 Å². The molecule has 1 unspecified atom stereocenters. The van der Waals surface area contributed by atoms with Crippen LogP contribution in [-0.4, -0.2) is 24.1 Å². The van der Waals surface area contributed by atoms with Gasteiger partial charge in [-0.2, -0.15) is 0 Å². The molecule has 0 aromatic rings. The summed E-state index contributed by atoms with van der Waals surface area (Å²) in [7, 11) is 0. The maximum atomic E-state index is 11.8. The summed E-state index contributed by atoms with van der Waals surface area (Å²) in [6, 6.07) is 0. The van der Waals surface area contributed by atoms with Crippen molar-refractivity contribution in [3.63, 3.8) is 0 Å². The fraction of sp³-hybridized carbons (Fsp3) is 0.900. The van der Waals surface area contributed by atoms with Gasteiger partial charge >= 0.3 is 11.9 Å². The summed E-state index contributed by atoms with van der Waals surface area (Å²) in [5.74, 6) is -0.364. The van der Waals surface area contributed by atoms with E-state index in [9.17, 15) is 9.59 Å². The molecule has 4 heteroatoms. The Hall–Kier alpha value is -1.06. The zero-order valence-corrected chi connectivity index (χ0v) is 15.7. The molecule has 0 aliphatic heterocycles. The highest BCUT2D eigenvalue weighted by molar-refractivity contribution is 5.72. The average molecular weight is 341 g/mol. The van der Waals surface area contributed by atoms with Gasteiger partial charge in [-0.3, -0.25) is 9.59 Å². The minimum Gasteiger partial charge on any atom is -0.463 e. The summed E-state index contributed by atoms with van der Waals surface area (Å²) in [6.45, 7) is 4.17. The Morgan fingerprint density at radius 2 is 1.54 bits per heavy atom. The van der Waals surface area contributed by atoms with Crippen LogP contribution in [0.5, 0.6) is 0 Å². The highest BCUT2D eigenvalue weighted by Crippen LogP contribution is 2.21. The predicted molar refractivity (Wildman–Crippen MR) is 95.7 cm³/mol. The van der Waals surface area contributed by atoms with Gasteiger partial charge in [0, 0.05) is 12.8 Å². The number of carbonyl (C=O) groups is 2. The van der Waals surface area contributed by atoms with Gasteiger partial charge in [-0.15, -0.1) is 0 Å². The molecule has 0 aromatic carbocycles. The fourth-order valence-electron chi connectivity index (χ4n) is 3.18. The molecule has 0 heterocycles. The molecule has 1 aliphatic rings. The van der Waals surface area contributed by atoms with Crippen molar-refractivity contribution in [1.29, 1.82) is 0 Å². The first kappa shape index (κ1) is 21.0. The van der Waals surface area contributed by atoms with E-state index in [1.165, 1.54) is 32.1 Å². The third-order valence-corrected chi connectivity index (χ3v) is 4.66. The number of rotatable bonds is 13. The second-order valence-corrected chi connectivity index (χ2v) is 7.11. The second-order valence-electron chi connectivity index (χ2n) is 7.11. The largest absolute Gasteiger partial charge is 0.463 e. The molecule has 0 spiro atoms. The number of hydrogen-bond acceptors (Lipinski definition) is 4. The third-order valence-electron chi connectivity index (χ3n) is 4.66. The Morgan fingerprint density at radius 1 is 0.917 bits per heavy atom. The Bertz CT molecular complexity index is 348. The van der Waals surface area contributed by atoms with E-state index < -0.39 is 0 Å². The molecule has 4 nitrogen and oxygen atoms in total. The first-order valence-electron chi connectivity index (χ1n) is 10.0. The van der Waals surface area contributed by atoms with Crippen LogP contribution < -0.4 is 0 Å². The second kappa shape index (κ2) is 13.3. The van der Waals surface area contributed by atoms with Gasteiger partial charge in [0.25, 0.3) is 0 Å². The minimum atomic E-state index is -0.192. The highest BCUT2D eigenvalue weighted by Gasteiger charge is 2.19. The standard InChI is InChI=1S/C20H36O4/c1-3-4-5-6-7-8-12-17(2)23-19(21)15-11-16-20(22)24-18-13-9-10-14-18/h17-18H,3-16H2,1-2H3. The summed E-state index contributed by atoms with van der Waals surface area (Å²) in [5, 5.41) is 0. The van der Waals surface area contributed by atoms with Crippen molar-refractivity contribution < 1.29 is 19.1 Å². The van der Waals surface area contributed by atoms with E-state index in [1.807, 2.05) is 6.92 Å². The number of carbonyl (C=O) groups excluding carboxylic acids is 2. The van der Waals surface area contributed by atoms with Gasteiger partial charge in [-0.1, -0.05) is 39.0 Å². The Morgan fingerprint density at radius 3 is 2.25 bits per heavy atom. The quantitative estimate of drug-likeness (QED) is 0.336. The highest BCUT2D eigenvalue weighted by atomic mass is 16.5. The van der Waals surface area contributed by atoms with Crippen LogP contribution in [0.3, 0.4) is 0 Å². The molecule has 1 atom stereocenters. The minimum absolute atomic E-state index is 0.0193. The van der Waals surface area contributed by atoms with Crippen LogP contribution in [0.15, 0.2) is 0 Å². The molecule has 1 fully saturated rings. The van der Waals surface area contributed by atoms with E-state index in [0.717, 1.165) is 38.5 Å². The van der Waals surface area contributed by atoms with Crippen LogP contribution in [0.25, 0.3) is 0 Å². The van der Waals surface area contributed by atoms with E-state index >= 15 is 0 Å². The molecule has 0 saturated heterocycles. The molecule has 24 heavy (non-hydrogen) atoms. The lowest BCUT2D eigenvalue weighted by Crippen LogP contribution is -2.17. The molecule has 0 radical (unpaired) electrons. The summed E-state index contributed by atoms with van der Waals surface area (Å²) in [5.41, 5.74) is 0. The van der Waals surface area contributed by atoms with Crippen LogP contribution in [0, 0.1) is 0 Å². The maximum Gasteiger partial charge on any atom is 0.306 e. The van der Waals surface area contributed by atoms with Crippen molar-refractivity contribution in [2.24, 2.45) is 0 Å². The Balaban J connectivity index is 1.97. The van der Waals surface area contributed by atoms with Crippen LogP contribution in [0.1, 0.15) is 104 Å². The maximum absolute atomic E-state index is 11.8.